The van der Waals surface area contributed by atoms with E-state index in [0.717, 1.165) is 31.4 Å². The summed E-state index contributed by atoms with van der Waals surface area (Å²) in [5.74, 6) is -0.237. The summed E-state index contributed by atoms with van der Waals surface area (Å²) in [6, 6.07) is 4.74. The first-order valence-corrected chi connectivity index (χ1v) is 7.71. The lowest BCUT2D eigenvalue weighted by Gasteiger charge is -2.47. The topological polar surface area (TPSA) is 21.3 Å². The smallest absolute Gasteiger partial charge is 0.123 e. The van der Waals surface area contributed by atoms with Gasteiger partial charge in [0.25, 0.3) is 0 Å². The first-order valence-electron chi connectivity index (χ1n) is 7.34. The molecule has 1 aromatic rings. The summed E-state index contributed by atoms with van der Waals surface area (Å²) in [5.41, 5.74) is 0.730. The van der Waals surface area contributed by atoms with Gasteiger partial charge in [0.15, 0.2) is 0 Å². The average molecular weight is 300 g/mol. The summed E-state index contributed by atoms with van der Waals surface area (Å²) in [4.78, 5) is 0. The molecule has 1 fully saturated rings. The largest absolute Gasteiger partial charge is 0.377 e. The van der Waals surface area contributed by atoms with Crippen molar-refractivity contribution in [1.29, 1.82) is 0 Å². The molecule has 1 N–H and O–H groups in total. The van der Waals surface area contributed by atoms with E-state index in [-0.39, 0.29) is 17.5 Å². The van der Waals surface area contributed by atoms with E-state index in [0.29, 0.717) is 11.4 Å². The van der Waals surface area contributed by atoms with Crippen LogP contribution in [0, 0.1) is 5.82 Å². The SMILES string of the molecule is CCCNC(Cc1cc(F)ccc1Cl)C1(OC)CCC1. The Hall–Kier alpha value is -0.640. The molecule has 0 heterocycles. The highest BCUT2D eigenvalue weighted by atomic mass is 35.5. The van der Waals surface area contributed by atoms with Crippen LogP contribution in [0.2, 0.25) is 5.02 Å². The third-order valence-corrected chi connectivity index (χ3v) is 4.68. The highest BCUT2D eigenvalue weighted by Crippen LogP contribution is 2.39. The molecule has 2 rings (SSSR count). The van der Waals surface area contributed by atoms with Crippen LogP contribution in [-0.4, -0.2) is 25.3 Å². The van der Waals surface area contributed by atoms with Crippen LogP contribution in [0.1, 0.15) is 38.2 Å². The highest BCUT2D eigenvalue weighted by Gasteiger charge is 2.44. The summed E-state index contributed by atoms with van der Waals surface area (Å²) < 4.78 is 19.2. The van der Waals surface area contributed by atoms with Crippen LogP contribution in [0.3, 0.4) is 0 Å². The highest BCUT2D eigenvalue weighted by molar-refractivity contribution is 6.31. The van der Waals surface area contributed by atoms with E-state index in [4.69, 9.17) is 16.3 Å². The van der Waals surface area contributed by atoms with Gasteiger partial charge in [-0.15, -0.1) is 0 Å². The zero-order valence-electron chi connectivity index (χ0n) is 12.2. The van der Waals surface area contributed by atoms with Gasteiger partial charge < -0.3 is 10.1 Å². The van der Waals surface area contributed by atoms with Crippen LogP contribution in [0.4, 0.5) is 4.39 Å². The molecule has 1 atom stereocenters. The van der Waals surface area contributed by atoms with Crippen LogP contribution in [0.5, 0.6) is 0 Å². The minimum Gasteiger partial charge on any atom is -0.377 e. The molecule has 20 heavy (non-hydrogen) atoms. The third kappa shape index (κ3) is 3.33. The van der Waals surface area contributed by atoms with E-state index in [2.05, 4.69) is 12.2 Å². The molecule has 1 saturated carbocycles. The Morgan fingerprint density at radius 1 is 1.45 bits per heavy atom. The van der Waals surface area contributed by atoms with Gasteiger partial charge >= 0.3 is 0 Å². The van der Waals surface area contributed by atoms with E-state index in [1.807, 2.05) is 0 Å². The summed E-state index contributed by atoms with van der Waals surface area (Å²) in [7, 11) is 1.77. The minimum absolute atomic E-state index is 0.120. The van der Waals surface area contributed by atoms with E-state index in [9.17, 15) is 4.39 Å². The predicted molar refractivity (Wildman–Crippen MR) is 80.8 cm³/mol. The Morgan fingerprint density at radius 3 is 2.75 bits per heavy atom. The molecule has 112 valence electrons. The predicted octanol–water partition coefficient (Wildman–Crippen LogP) is 3.96. The van der Waals surface area contributed by atoms with E-state index in [1.165, 1.54) is 18.6 Å². The van der Waals surface area contributed by atoms with E-state index < -0.39 is 0 Å². The number of halogens is 2. The van der Waals surface area contributed by atoms with Crippen molar-refractivity contribution in [2.24, 2.45) is 0 Å². The maximum atomic E-state index is 13.4. The molecule has 0 amide bonds. The van der Waals surface area contributed by atoms with Crippen molar-refractivity contribution in [2.45, 2.75) is 50.7 Å². The van der Waals surface area contributed by atoms with Crippen molar-refractivity contribution in [1.82, 2.24) is 5.32 Å². The number of hydrogen-bond donors (Lipinski definition) is 1. The number of nitrogens with one attached hydrogen (secondary N) is 1. The van der Waals surface area contributed by atoms with Crippen LogP contribution in [0.15, 0.2) is 18.2 Å². The number of hydrogen-bond acceptors (Lipinski definition) is 2. The third-order valence-electron chi connectivity index (χ3n) is 4.31. The Labute approximate surface area is 125 Å². The van der Waals surface area contributed by atoms with Gasteiger partial charge in [0.05, 0.1) is 5.60 Å². The van der Waals surface area contributed by atoms with Crippen molar-refractivity contribution in [3.63, 3.8) is 0 Å². The zero-order valence-corrected chi connectivity index (χ0v) is 13.0. The van der Waals surface area contributed by atoms with Crippen LogP contribution < -0.4 is 5.32 Å². The lowest BCUT2D eigenvalue weighted by atomic mass is 9.72. The van der Waals surface area contributed by atoms with Gasteiger partial charge in [-0.25, -0.2) is 4.39 Å². The van der Waals surface area contributed by atoms with E-state index >= 15 is 0 Å². The number of ether oxygens (including phenoxy) is 1. The Balaban J connectivity index is 2.16. The van der Waals surface area contributed by atoms with Crippen molar-refractivity contribution in [2.75, 3.05) is 13.7 Å². The normalized spacial score (nSPS) is 18.6. The van der Waals surface area contributed by atoms with Gasteiger partial charge in [0.2, 0.25) is 0 Å². The molecule has 1 aliphatic carbocycles. The monoisotopic (exact) mass is 299 g/mol. The maximum absolute atomic E-state index is 13.4. The van der Waals surface area contributed by atoms with Crippen molar-refractivity contribution >= 4 is 11.6 Å². The van der Waals surface area contributed by atoms with E-state index in [1.54, 1.807) is 13.2 Å². The Morgan fingerprint density at radius 2 is 2.20 bits per heavy atom. The molecular weight excluding hydrogens is 277 g/mol. The Kier molecular flexibility index (Phi) is 5.42. The summed E-state index contributed by atoms with van der Waals surface area (Å²) in [5, 5.41) is 4.18. The van der Waals surface area contributed by atoms with Crippen molar-refractivity contribution in [3.8, 4) is 0 Å². The molecule has 0 radical (unpaired) electrons. The van der Waals surface area contributed by atoms with Crippen LogP contribution in [0.25, 0.3) is 0 Å². The molecular formula is C16H23ClFNO. The number of benzene rings is 1. The molecule has 0 aromatic heterocycles. The first kappa shape index (κ1) is 15.7. The fraction of sp³-hybridized carbons (Fsp3) is 0.625. The molecule has 1 aliphatic rings. The zero-order chi connectivity index (χ0) is 14.6. The lowest BCUT2D eigenvalue weighted by Crippen LogP contribution is -2.57. The fourth-order valence-corrected chi connectivity index (χ4v) is 3.10. The molecule has 0 spiro atoms. The second-order valence-electron chi connectivity index (χ2n) is 5.57. The summed E-state index contributed by atoms with van der Waals surface area (Å²) >= 11 is 6.19. The van der Waals surface area contributed by atoms with Crippen molar-refractivity contribution in [3.05, 3.63) is 34.6 Å². The lowest BCUT2D eigenvalue weighted by molar-refractivity contribution is -0.0980. The molecule has 0 aliphatic heterocycles. The van der Waals surface area contributed by atoms with Crippen molar-refractivity contribution < 1.29 is 9.13 Å². The maximum Gasteiger partial charge on any atom is 0.123 e. The quantitative estimate of drug-likeness (QED) is 0.823. The van der Waals surface area contributed by atoms with Gasteiger partial charge in [0, 0.05) is 18.2 Å². The second-order valence-corrected chi connectivity index (χ2v) is 5.98. The van der Waals surface area contributed by atoms with Crippen LogP contribution >= 0.6 is 11.6 Å². The average Bonchev–Trinajstić information content (AvgIpc) is 2.39. The van der Waals surface area contributed by atoms with Crippen LogP contribution in [-0.2, 0) is 11.2 Å². The standard InChI is InChI=1S/C16H23ClFNO/c1-3-9-19-15(16(20-2)7-4-8-16)11-12-10-13(18)5-6-14(12)17/h5-6,10,15,19H,3-4,7-9,11H2,1-2H3. The van der Waals surface area contributed by atoms with Gasteiger partial charge in [-0.05, 0) is 62.4 Å². The molecule has 2 nitrogen and oxygen atoms in total. The Bertz CT molecular complexity index is 443. The first-order chi connectivity index (χ1) is 9.61. The van der Waals surface area contributed by atoms with Gasteiger partial charge in [-0.3, -0.25) is 0 Å². The number of rotatable bonds is 7. The molecule has 0 bridgehead atoms. The van der Waals surface area contributed by atoms with Gasteiger partial charge in [0.1, 0.15) is 5.82 Å². The summed E-state index contributed by atoms with van der Waals surface area (Å²) in [6.07, 6.45) is 5.06. The van der Waals surface area contributed by atoms with Gasteiger partial charge in [-0.2, -0.15) is 0 Å². The fourth-order valence-electron chi connectivity index (χ4n) is 2.90. The molecule has 1 unspecified atom stereocenters. The number of methoxy groups -OCH3 is 1. The minimum atomic E-state index is -0.237. The molecule has 1 aromatic carbocycles. The summed E-state index contributed by atoms with van der Waals surface area (Å²) in [6.45, 7) is 3.07. The molecule has 0 saturated heterocycles. The van der Waals surface area contributed by atoms with Gasteiger partial charge in [-0.1, -0.05) is 18.5 Å². The molecule has 4 heteroatoms. The second kappa shape index (κ2) is 6.88.